The molecule has 1 unspecified atom stereocenters. The van der Waals surface area contributed by atoms with Gasteiger partial charge < -0.3 is 10.2 Å². The van der Waals surface area contributed by atoms with Gasteiger partial charge in [-0.25, -0.2) is 0 Å². The number of nitrogens with one attached hydrogen (secondary N) is 1. The van der Waals surface area contributed by atoms with E-state index in [0.29, 0.717) is 5.92 Å². The molecule has 0 aromatic heterocycles. The minimum atomic E-state index is 0.678. The third kappa shape index (κ3) is 4.67. The van der Waals surface area contributed by atoms with Crippen LogP contribution in [0.3, 0.4) is 0 Å². The highest BCUT2D eigenvalue weighted by Crippen LogP contribution is 2.12. The predicted octanol–water partition coefficient (Wildman–Crippen LogP) is 2.76. The number of para-hydroxylation sites is 1. The van der Waals surface area contributed by atoms with Crippen LogP contribution in [0.4, 0.5) is 5.69 Å². The van der Waals surface area contributed by atoms with Gasteiger partial charge in [-0.05, 0) is 37.6 Å². The average molecular weight is 220 g/mol. The van der Waals surface area contributed by atoms with Crippen LogP contribution in [0.15, 0.2) is 30.3 Å². The summed E-state index contributed by atoms with van der Waals surface area (Å²) in [7, 11) is 2.16. The minimum Gasteiger partial charge on any atom is -0.374 e. The average Bonchev–Trinajstić information content (AvgIpc) is 2.30. The van der Waals surface area contributed by atoms with Crippen molar-refractivity contribution in [2.24, 2.45) is 5.92 Å². The Hall–Kier alpha value is -1.02. The summed E-state index contributed by atoms with van der Waals surface area (Å²) in [6.07, 6.45) is 1.21. The van der Waals surface area contributed by atoms with Gasteiger partial charge in [-0.1, -0.05) is 32.0 Å². The minimum absolute atomic E-state index is 0.678. The van der Waals surface area contributed by atoms with E-state index in [9.17, 15) is 0 Å². The Morgan fingerprint density at radius 2 is 1.94 bits per heavy atom. The summed E-state index contributed by atoms with van der Waals surface area (Å²) in [5, 5.41) is 3.46. The zero-order valence-corrected chi connectivity index (χ0v) is 10.7. The lowest BCUT2D eigenvalue weighted by Gasteiger charge is -2.23. The molecule has 16 heavy (non-hydrogen) atoms. The highest BCUT2D eigenvalue weighted by Gasteiger charge is 2.06. The molecule has 0 fully saturated rings. The third-order valence-corrected chi connectivity index (χ3v) is 2.70. The number of hydrogen-bond donors (Lipinski definition) is 1. The number of rotatable bonds is 7. The smallest absolute Gasteiger partial charge is 0.0363 e. The molecule has 0 aliphatic carbocycles. The van der Waals surface area contributed by atoms with Crippen molar-refractivity contribution < 1.29 is 0 Å². The Balaban J connectivity index is 2.31. The molecule has 0 saturated heterocycles. The lowest BCUT2D eigenvalue weighted by molar-refractivity contribution is 0.512. The van der Waals surface area contributed by atoms with Gasteiger partial charge in [0.05, 0.1) is 0 Å². The van der Waals surface area contributed by atoms with Crippen molar-refractivity contribution in [3.63, 3.8) is 0 Å². The topological polar surface area (TPSA) is 15.3 Å². The van der Waals surface area contributed by atoms with Crippen molar-refractivity contribution in [1.82, 2.24) is 5.32 Å². The lowest BCUT2D eigenvalue weighted by atomic mass is 10.1. The molecule has 0 bridgehead atoms. The highest BCUT2D eigenvalue weighted by atomic mass is 15.1. The highest BCUT2D eigenvalue weighted by molar-refractivity contribution is 5.44. The second-order valence-electron chi connectivity index (χ2n) is 4.53. The fourth-order valence-corrected chi connectivity index (χ4v) is 1.85. The van der Waals surface area contributed by atoms with Gasteiger partial charge in [0, 0.05) is 19.3 Å². The summed E-state index contributed by atoms with van der Waals surface area (Å²) >= 11 is 0. The van der Waals surface area contributed by atoms with Crippen LogP contribution in [-0.4, -0.2) is 26.7 Å². The van der Waals surface area contributed by atoms with Crippen LogP contribution in [0.2, 0.25) is 0 Å². The van der Waals surface area contributed by atoms with Gasteiger partial charge >= 0.3 is 0 Å². The van der Waals surface area contributed by atoms with E-state index in [1.807, 2.05) is 0 Å². The molecular weight excluding hydrogens is 196 g/mol. The second-order valence-corrected chi connectivity index (χ2v) is 4.53. The van der Waals surface area contributed by atoms with E-state index >= 15 is 0 Å². The van der Waals surface area contributed by atoms with Gasteiger partial charge in [-0.2, -0.15) is 0 Å². The van der Waals surface area contributed by atoms with Crippen LogP contribution < -0.4 is 10.2 Å². The largest absolute Gasteiger partial charge is 0.374 e. The van der Waals surface area contributed by atoms with Crippen molar-refractivity contribution in [3.8, 4) is 0 Å². The molecule has 0 saturated carbocycles. The summed E-state index contributed by atoms with van der Waals surface area (Å²) in [6, 6.07) is 10.6. The Morgan fingerprint density at radius 1 is 1.25 bits per heavy atom. The summed E-state index contributed by atoms with van der Waals surface area (Å²) in [5.74, 6) is 0.678. The number of anilines is 1. The predicted molar refractivity (Wildman–Crippen MR) is 72.0 cm³/mol. The van der Waals surface area contributed by atoms with Crippen LogP contribution in [0.1, 0.15) is 20.3 Å². The first-order chi connectivity index (χ1) is 7.74. The van der Waals surface area contributed by atoms with Crippen molar-refractivity contribution in [2.45, 2.75) is 20.3 Å². The van der Waals surface area contributed by atoms with E-state index in [0.717, 1.165) is 19.6 Å². The zero-order valence-electron chi connectivity index (χ0n) is 10.7. The van der Waals surface area contributed by atoms with Crippen LogP contribution in [-0.2, 0) is 0 Å². The lowest BCUT2D eigenvalue weighted by Crippen LogP contribution is -2.31. The molecule has 1 aromatic carbocycles. The van der Waals surface area contributed by atoms with E-state index in [1.165, 1.54) is 12.1 Å². The first-order valence-corrected chi connectivity index (χ1v) is 6.21. The maximum absolute atomic E-state index is 3.46. The maximum atomic E-state index is 3.46. The van der Waals surface area contributed by atoms with Crippen molar-refractivity contribution in [1.29, 1.82) is 0 Å². The Bertz CT molecular complexity index is 271. The normalized spacial score (nSPS) is 12.4. The van der Waals surface area contributed by atoms with Gasteiger partial charge in [0.15, 0.2) is 0 Å². The molecule has 1 atom stereocenters. The molecule has 0 heterocycles. The van der Waals surface area contributed by atoms with Crippen LogP contribution in [0.5, 0.6) is 0 Å². The fraction of sp³-hybridized carbons (Fsp3) is 0.571. The van der Waals surface area contributed by atoms with Gasteiger partial charge in [0.2, 0.25) is 0 Å². The molecule has 0 spiro atoms. The van der Waals surface area contributed by atoms with Crippen molar-refractivity contribution in [3.05, 3.63) is 30.3 Å². The van der Waals surface area contributed by atoms with Crippen LogP contribution >= 0.6 is 0 Å². The molecule has 1 aromatic rings. The SMILES string of the molecule is CCCNCC(C)CN(C)c1ccccc1. The fourth-order valence-electron chi connectivity index (χ4n) is 1.85. The van der Waals surface area contributed by atoms with Crippen molar-refractivity contribution in [2.75, 3.05) is 31.6 Å². The van der Waals surface area contributed by atoms with Gasteiger partial charge in [0.25, 0.3) is 0 Å². The maximum Gasteiger partial charge on any atom is 0.0363 e. The van der Waals surface area contributed by atoms with Crippen LogP contribution in [0, 0.1) is 5.92 Å². The summed E-state index contributed by atoms with van der Waals surface area (Å²) in [6.45, 7) is 7.82. The Kier molecular flexibility index (Phi) is 5.94. The molecule has 90 valence electrons. The molecule has 0 aliphatic heterocycles. The Morgan fingerprint density at radius 3 is 2.56 bits per heavy atom. The molecule has 1 rings (SSSR count). The third-order valence-electron chi connectivity index (χ3n) is 2.70. The molecule has 0 radical (unpaired) electrons. The Labute approximate surface area is 99.7 Å². The summed E-state index contributed by atoms with van der Waals surface area (Å²) < 4.78 is 0. The monoisotopic (exact) mass is 220 g/mol. The van der Waals surface area contributed by atoms with Crippen LogP contribution in [0.25, 0.3) is 0 Å². The quantitative estimate of drug-likeness (QED) is 0.711. The first kappa shape index (κ1) is 13.0. The van der Waals surface area contributed by atoms with Gasteiger partial charge in [-0.3, -0.25) is 0 Å². The molecule has 2 nitrogen and oxygen atoms in total. The molecule has 1 N–H and O–H groups in total. The van der Waals surface area contributed by atoms with Gasteiger partial charge in [0.1, 0.15) is 0 Å². The number of nitrogens with zero attached hydrogens (tertiary/aromatic N) is 1. The number of hydrogen-bond acceptors (Lipinski definition) is 2. The molecule has 0 amide bonds. The van der Waals surface area contributed by atoms with E-state index in [-0.39, 0.29) is 0 Å². The zero-order chi connectivity index (χ0) is 11.8. The standard InChI is InChI=1S/C14H24N2/c1-4-10-15-11-13(2)12-16(3)14-8-6-5-7-9-14/h5-9,13,15H,4,10-12H2,1-3H3. The van der Waals surface area contributed by atoms with Crippen molar-refractivity contribution >= 4 is 5.69 Å². The van der Waals surface area contributed by atoms with Gasteiger partial charge in [-0.15, -0.1) is 0 Å². The second kappa shape index (κ2) is 7.29. The van der Waals surface area contributed by atoms with E-state index in [4.69, 9.17) is 0 Å². The number of benzene rings is 1. The van der Waals surface area contributed by atoms with E-state index in [2.05, 4.69) is 61.4 Å². The molecule has 2 heteroatoms. The van der Waals surface area contributed by atoms with E-state index in [1.54, 1.807) is 0 Å². The van der Waals surface area contributed by atoms with E-state index < -0.39 is 0 Å². The molecular formula is C14H24N2. The summed E-state index contributed by atoms with van der Waals surface area (Å²) in [4.78, 5) is 2.32. The summed E-state index contributed by atoms with van der Waals surface area (Å²) in [5.41, 5.74) is 1.30. The first-order valence-electron chi connectivity index (χ1n) is 6.21. The molecule has 0 aliphatic rings.